The minimum Gasteiger partial charge on any atom is -0.497 e. The van der Waals surface area contributed by atoms with Crippen molar-refractivity contribution in [1.82, 2.24) is 0 Å². The van der Waals surface area contributed by atoms with E-state index in [-0.39, 0.29) is 0 Å². The molecule has 4 nitrogen and oxygen atoms in total. The molecule has 0 aliphatic rings. The van der Waals surface area contributed by atoms with Gasteiger partial charge in [-0.25, -0.2) is 0 Å². The zero-order chi connectivity index (χ0) is 16.8. The van der Waals surface area contributed by atoms with Gasteiger partial charge in [0.1, 0.15) is 5.75 Å². The topological polar surface area (TPSA) is 36.9 Å². The summed E-state index contributed by atoms with van der Waals surface area (Å²) in [5.74, 6) is 2.72. The molecule has 0 spiro atoms. The maximum atomic E-state index is 5.40. The Morgan fingerprint density at radius 1 is 0.783 bits per heavy atom. The maximum absolute atomic E-state index is 5.40. The minimum absolute atomic E-state index is 0.594. The predicted molar refractivity (Wildman–Crippen MR) is 92.6 cm³/mol. The molecule has 0 fully saturated rings. The van der Waals surface area contributed by atoms with Gasteiger partial charge >= 0.3 is 0 Å². The van der Waals surface area contributed by atoms with Gasteiger partial charge in [-0.05, 0) is 47.9 Å². The second-order valence-electron chi connectivity index (χ2n) is 5.01. The molecule has 23 heavy (non-hydrogen) atoms. The quantitative estimate of drug-likeness (QED) is 0.746. The van der Waals surface area contributed by atoms with Crippen molar-refractivity contribution >= 4 is 11.6 Å². The van der Waals surface area contributed by atoms with E-state index in [0.717, 1.165) is 22.4 Å². The van der Waals surface area contributed by atoms with Gasteiger partial charge in [-0.1, -0.05) is 18.2 Å². The zero-order valence-electron chi connectivity index (χ0n) is 14.2. The van der Waals surface area contributed by atoms with Gasteiger partial charge in [0, 0.05) is 0 Å². The van der Waals surface area contributed by atoms with Crippen LogP contribution in [0.2, 0.25) is 0 Å². The Morgan fingerprint density at radius 3 is 1.78 bits per heavy atom. The molecule has 0 aliphatic heterocycles. The highest BCUT2D eigenvalue weighted by Gasteiger charge is 2.13. The molecule has 0 saturated carbocycles. The van der Waals surface area contributed by atoms with Gasteiger partial charge in [0.25, 0.3) is 0 Å². The molecule has 122 valence electrons. The Balaban J connectivity index is 2.41. The number of ether oxygens (including phenoxy) is 4. The lowest BCUT2D eigenvalue weighted by atomic mass is 10.0. The highest BCUT2D eigenvalue weighted by atomic mass is 16.5. The molecule has 0 saturated heterocycles. The first-order chi connectivity index (χ1) is 11.1. The molecule has 0 radical (unpaired) electrons. The highest BCUT2D eigenvalue weighted by Crippen LogP contribution is 2.40. The van der Waals surface area contributed by atoms with Crippen LogP contribution in [-0.4, -0.2) is 28.4 Å². The van der Waals surface area contributed by atoms with E-state index >= 15 is 0 Å². The van der Waals surface area contributed by atoms with Gasteiger partial charge in [-0.15, -0.1) is 0 Å². The average molecular weight is 314 g/mol. The normalized spacial score (nSPS) is 11.1. The molecule has 2 rings (SSSR count). The number of rotatable bonds is 6. The van der Waals surface area contributed by atoms with Crippen LogP contribution < -0.4 is 18.9 Å². The van der Waals surface area contributed by atoms with E-state index in [9.17, 15) is 0 Å². The first kappa shape index (κ1) is 16.7. The number of benzene rings is 2. The fourth-order valence-electron chi connectivity index (χ4n) is 2.34. The van der Waals surface area contributed by atoms with Crippen LogP contribution in [0, 0.1) is 0 Å². The third-order valence-electron chi connectivity index (χ3n) is 3.62. The molecule has 0 amide bonds. The van der Waals surface area contributed by atoms with Crippen molar-refractivity contribution in [1.29, 1.82) is 0 Å². The molecule has 0 bridgehead atoms. The van der Waals surface area contributed by atoms with Gasteiger partial charge in [0.2, 0.25) is 5.75 Å². The molecule has 0 aromatic heterocycles. The van der Waals surface area contributed by atoms with Crippen molar-refractivity contribution in [3.63, 3.8) is 0 Å². The number of methoxy groups -OCH3 is 4. The lowest BCUT2D eigenvalue weighted by Gasteiger charge is -2.14. The molecular formula is C19H22O4. The van der Waals surface area contributed by atoms with Crippen LogP contribution in [0.1, 0.15) is 18.1 Å². The summed E-state index contributed by atoms with van der Waals surface area (Å²) in [6.07, 6.45) is 2.10. The summed E-state index contributed by atoms with van der Waals surface area (Å²) in [4.78, 5) is 0. The second-order valence-corrected chi connectivity index (χ2v) is 5.01. The Kier molecular flexibility index (Phi) is 5.52. The number of hydrogen-bond acceptors (Lipinski definition) is 4. The van der Waals surface area contributed by atoms with Crippen molar-refractivity contribution in [3.8, 4) is 23.0 Å². The largest absolute Gasteiger partial charge is 0.497 e. The van der Waals surface area contributed by atoms with Crippen molar-refractivity contribution < 1.29 is 18.9 Å². The standard InChI is InChI=1S/C19H22O4/c1-13(10-14-6-8-16(20-2)9-7-14)15-11-17(21-3)19(23-5)18(12-15)22-4/h6-12H,1-5H3/b13-10-. The fraction of sp³-hybridized carbons (Fsp3) is 0.263. The van der Waals surface area contributed by atoms with E-state index in [1.807, 2.05) is 43.3 Å². The molecule has 0 aliphatic carbocycles. The average Bonchev–Trinajstić information content (AvgIpc) is 2.60. The van der Waals surface area contributed by atoms with Gasteiger partial charge in [0.15, 0.2) is 11.5 Å². The lowest BCUT2D eigenvalue weighted by molar-refractivity contribution is 0.324. The predicted octanol–water partition coefficient (Wildman–Crippen LogP) is 4.28. The lowest BCUT2D eigenvalue weighted by Crippen LogP contribution is -1.96. The van der Waals surface area contributed by atoms with Crippen molar-refractivity contribution in [2.75, 3.05) is 28.4 Å². The number of hydrogen-bond donors (Lipinski definition) is 0. The van der Waals surface area contributed by atoms with Crippen LogP contribution >= 0.6 is 0 Å². The van der Waals surface area contributed by atoms with Crippen LogP contribution in [0.3, 0.4) is 0 Å². The Morgan fingerprint density at radius 2 is 1.35 bits per heavy atom. The summed E-state index contributed by atoms with van der Waals surface area (Å²) in [5.41, 5.74) is 3.20. The third-order valence-corrected chi connectivity index (χ3v) is 3.62. The van der Waals surface area contributed by atoms with Crippen molar-refractivity contribution in [3.05, 3.63) is 47.5 Å². The molecular weight excluding hydrogens is 292 g/mol. The van der Waals surface area contributed by atoms with Gasteiger partial charge < -0.3 is 18.9 Å². The Labute approximate surface area is 137 Å². The van der Waals surface area contributed by atoms with Crippen molar-refractivity contribution in [2.45, 2.75) is 6.92 Å². The Hall–Kier alpha value is -2.62. The molecule has 2 aromatic rings. The van der Waals surface area contributed by atoms with E-state index in [1.54, 1.807) is 28.4 Å². The molecule has 0 N–H and O–H groups in total. The summed E-state index contributed by atoms with van der Waals surface area (Å²) in [5, 5.41) is 0. The highest BCUT2D eigenvalue weighted by molar-refractivity contribution is 5.82. The molecule has 0 atom stereocenters. The molecule has 0 heterocycles. The van der Waals surface area contributed by atoms with Gasteiger partial charge in [-0.3, -0.25) is 0 Å². The SMILES string of the molecule is COc1ccc(/C=C(/C)c2cc(OC)c(OC)c(OC)c2)cc1. The van der Waals surface area contributed by atoms with Gasteiger partial charge in [0.05, 0.1) is 28.4 Å². The van der Waals surface area contributed by atoms with Crippen LogP contribution in [-0.2, 0) is 0 Å². The van der Waals surface area contributed by atoms with Crippen molar-refractivity contribution in [2.24, 2.45) is 0 Å². The summed E-state index contributed by atoms with van der Waals surface area (Å²) >= 11 is 0. The molecule has 0 unspecified atom stereocenters. The van der Waals surface area contributed by atoms with E-state index < -0.39 is 0 Å². The minimum atomic E-state index is 0.594. The van der Waals surface area contributed by atoms with Gasteiger partial charge in [-0.2, -0.15) is 0 Å². The maximum Gasteiger partial charge on any atom is 0.203 e. The Bertz CT molecular complexity index is 662. The second kappa shape index (κ2) is 7.58. The summed E-state index contributed by atoms with van der Waals surface area (Å²) < 4.78 is 21.3. The van der Waals surface area contributed by atoms with E-state index in [1.165, 1.54) is 0 Å². The van der Waals surface area contributed by atoms with Crippen LogP contribution in [0.15, 0.2) is 36.4 Å². The third kappa shape index (κ3) is 3.77. The van der Waals surface area contributed by atoms with Crippen LogP contribution in [0.25, 0.3) is 11.6 Å². The smallest absolute Gasteiger partial charge is 0.203 e. The summed E-state index contributed by atoms with van der Waals surface area (Å²) in [6.45, 7) is 2.05. The fourth-order valence-corrected chi connectivity index (χ4v) is 2.34. The first-order valence-electron chi connectivity index (χ1n) is 7.25. The molecule has 4 heteroatoms. The van der Waals surface area contributed by atoms with E-state index in [0.29, 0.717) is 17.2 Å². The number of allylic oxidation sites excluding steroid dienone is 1. The van der Waals surface area contributed by atoms with Crippen LogP contribution in [0.5, 0.6) is 23.0 Å². The molecule has 2 aromatic carbocycles. The van der Waals surface area contributed by atoms with E-state index in [2.05, 4.69) is 6.08 Å². The summed E-state index contributed by atoms with van der Waals surface area (Å²) in [6, 6.07) is 11.8. The summed E-state index contributed by atoms with van der Waals surface area (Å²) in [7, 11) is 6.49. The zero-order valence-corrected chi connectivity index (χ0v) is 14.2. The van der Waals surface area contributed by atoms with E-state index in [4.69, 9.17) is 18.9 Å². The van der Waals surface area contributed by atoms with Crippen LogP contribution in [0.4, 0.5) is 0 Å². The first-order valence-corrected chi connectivity index (χ1v) is 7.25. The monoisotopic (exact) mass is 314 g/mol.